The second-order valence-electron chi connectivity index (χ2n) is 3.46. The van der Waals surface area contributed by atoms with Crippen molar-refractivity contribution >= 4 is 5.69 Å². The van der Waals surface area contributed by atoms with E-state index in [0.29, 0.717) is 5.69 Å². The van der Waals surface area contributed by atoms with Gasteiger partial charge in [-0.2, -0.15) is 0 Å². The Balaban J connectivity index is 2.26. The molecule has 0 fully saturated rings. The number of anilines is 1. The van der Waals surface area contributed by atoms with Gasteiger partial charge in [0.2, 0.25) is 0 Å². The van der Waals surface area contributed by atoms with E-state index in [4.69, 9.17) is 15.2 Å². The smallest absolute Gasteiger partial charge is 0.149 e. The topological polar surface area (TPSA) is 44.5 Å². The number of nitrogens with two attached hydrogens (primary N) is 1. The number of ether oxygens (including phenoxy) is 2. The lowest BCUT2D eigenvalue weighted by molar-refractivity contribution is 0.345. The molecule has 0 aromatic heterocycles. The van der Waals surface area contributed by atoms with E-state index >= 15 is 0 Å². The molecule has 0 radical (unpaired) electrons. The minimum atomic E-state index is 0.697. The maximum absolute atomic E-state index is 5.94. The van der Waals surface area contributed by atoms with E-state index in [-0.39, 0.29) is 0 Å². The summed E-state index contributed by atoms with van der Waals surface area (Å²) in [4.78, 5) is 0. The Bertz CT molecular complexity index is 341. The summed E-state index contributed by atoms with van der Waals surface area (Å²) in [5, 5.41) is 0. The molecule has 0 atom stereocenters. The van der Waals surface area contributed by atoms with Crippen LogP contribution in [0.4, 0.5) is 5.69 Å². The molecular weight excluding hydrogens is 166 g/mol. The molecular formula is C10H11NO2. The van der Waals surface area contributed by atoms with Crippen molar-refractivity contribution in [3.63, 3.8) is 0 Å². The molecule has 2 N–H and O–H groups in total. The van der Waals surface area contributed by atoms with E-state index in [1.807, 2.05) is 0 Å². The molecule has 1 aromatic rings. The molecule has 0 amide bonds. The van der Waals surface area contributed by atoms with Crippen molar-refractivity contribution in [2.45, 2.75) is 12.8 Å². The molecule has 0 aliphatic carbocycles. The predicted molar refractivity (Wildman–Crippen MR) is 49.3 cm³/mol. The van der Waals surface area contributed by atoms with Gasteiger partial charge in [0.1, 0.15) is 17.2 Å². The quantitative estimate of drug-likeness (QED) is 0.604. The first-order valence-electron chi connectivity index (χ1n) is 4.56. The fraction of sp³-hybridized carbons (Fsp3) is 0.400. The molecule has 3 heteroatoms. The normalized spacial score (nSPS) is 17.5. The molecule has 2 heterocycles. The van der Waals surface area contributed by atoms with Crippen molar-refractivity contribution in [1.29, 1.82) is 0 Å². The Labute approximate surface area is 76.4 Å². The van der Waals surface area contributed by atoms with Crippen molar-refractivity contribution < 1.29 is 9.47 Å². The van der Waals surface area contributed by atoms with E-state index < -0.39 is 0 Å². The molecule has 1 aromatic carbocycles. The summed E-state index contributed by atoms with van der Waals surface area (Å²) in [7, 11) is 0. The largest absolute Gasteiger partial charge is 0.491 e. The van der Waals surface area contributed by atoms with Gasteiger partial charge in [-0.25, -0.2) is 0 Å². The zero-order chi connectivity index (χ0) is 8.84. The number of hydrogen-bond acceptors (Lipinski definition) is 3. The van der Waals surface area contributed by atoms with E-state index in [1.165, 1.54) is 11.1 Å². The van der Waals surface area contributed by atoms with Gasteiger partial charge in [-0.15, -0.1) is 0 Å². The average molecular weight is 177 g/mol. The van der Waals surface area contributed by atoms with Crippen LogP contribution >= 0.6 is 0 Å². The second-order valence-corrected chi connectivity index (χ2v) is 3.46. The van der Waals surface area contributed by atoms with Crippen LogP contribution in [-0.2, 0) is 12.8 Å². The zero-order valence-corrected chi connectivity index (χ0v) is 7.30. The Morgan fingerprint density at radius 3 is 2.08 bits per heavy atom. The van der Waals surface area contributed by atoms with E-state index in [2.05, 4.69) is 6.07 Å². The van der Waals surface area contributed by atoms with Crippen molar-refractivity contribution in [3.05, 3.63) is 17.2 Å². The number of rotatable bonds is 0. The van der Waals surface area contributed by atoms with Gasteiger partial charge in [0.05, 0.1) is 13.2 Å². The van der Waals surface area contributed by atoms with Gasteiger partial charge >= 0.3 is 0 Å². The summed E-state index contributed by atoms with van der Waals surface area (Å²) in [5.74, 6) is 1.70. The van der Waals surface area contributed by atoms with Crippen molar-refractivity contribution in [2.75, 3.05) is 18.9 Å². The minimum Gasteiger partial charge on any atom is -0.491 e. The third-order valence-electron chi connectivity index (χ3n) is 2.66. The molecule has 2 aliphatic rings. The number of hydrogen-bond donors (Lipinski definition) is 1. The lowest BCUT2D eigenvalue weighted by atomic mass is 10.1. The monoisotopic (exact) mass is 177 g/mol. The van der Waals surface area contributed by atoms with Crippen molar-refractivity contribution in [2.24, 2.45) is 0 Å². The standard InChI is InChI=1S/C10H11NO2/c11-8-9-6(1-3-12-9)5-7-2-4-13-10(7)8/h5H,1-4,11H2. The summed E-state index contributed by atoms with van der Waals surface area (Å²) in [6.45, 7) is 1.50. The van der Waals surface area contributed by atoms with Crippen LogP contribution < -0.4 is 15.2 Å². The maximum atomic E-state index is 5.94. The van der Waals surface area contributed by atoms with E-state index in [0.717, 1.165) is 37.6 Å². The van der Waals surface area contributed by atoms with Gasteiger partial charge in [-0.1, -0.05) is 0 Å². The third kappa shape index (κ3) is 0.842. The first-order chi connectivity index (χ1) is 6.36. The van der Waals surface area contributed by atoms with E-state index in [1.54, 1.807) is 0 Å². The maximum Gasteiger partial charge on any atom is 0.149 e. The summed E-state index contributed by atoms with van der Waals surface area (Å²) in [5.41, 5.74) is 9.11. The zero-order valence-electron chi connectivity index (χ0n) is 7.30. The van der Waals surface area contributed by atoms with Gasteiger partial charge in [0, 0.05) is 24.0 Å². The van der Waals surface area contributed by atoms with Crippen molar-refractivity contribution in [3.8, 4) is 11.5 Å². The fourth-order valence-electron chi connectivity index (χ4n) is 2.03. The molecule has 0 unspecified atom stereocenters. The van der Waals surface area contributed by atoms with Crippen molar-refractivity contribution in [1.82, 2.24) is 0 Å². The molecule has 0 saturated carbocycles. The Morgan fingerprint density at radius 2 is 1.54 bits per heavy atom. The molecule has 3 rings (SSSR count). The lowest BCUT2D eigenvalue weighted by Crippen LogP contribution is -1.95. The molecule has 2 aliphatic heterocycles. The number of nitrogen functional groups attached to an aromatic ring is 1. The first kappa shape index (κ1) is 7.06. The fourth-order valence-corrected chi connectivity index (χ4v) is 2.03. The number of fused-ring (bicyclic) bond motifs is 2. The van der Waals surface area contributed by atoms with Crippen LogP contribution in [0, 0.1) is 0 Å². The second kappa shape index (κ2) is 2.31. The summed E-state index contributed by atoms with van der Waals surface area (Å²) < 4.78 is 10.9. The van der Waals surface area contributed by atoms with Crippen LogP contribution in [0.3, 0.4) is 0 Å². The van der Waals surface area contributed by atoms with Crippen LogP contribution in [-0.4, -0.2) is 13.2 Å². The Hall–Kier alpha value is -1.38. The third-order valence-corrected chi connectivity index (χ3v) is 2.66. The highest BCUT2D eigenvalue weighted by atomic mass is 16.5. The van der Waals surface area contributed by atoms with Crippen LogP contribution in [0.2, 0.25) is 0 Å². The van der Waals surface area contributed by atoms with Crippen LogP contribution in [0.1, 0.15) is 11.1 Å². The molecule has 0 spiro atoms. The summed E-state index contributed by atoms with van der Waals surface area (Å²) in [6, 6.07) is 2.17. The first-order valence-corrected chi connectivity index (χ1v) is 4.56. The molecule has 3 nitrogen and oxygen atoms in total. The summed E-state index contributed by atoms with van der Waals surface area (Å²) >= 11 is 0. The van der Waals surface area contributed by atoms with Crippen LogP contribution in [0.15, 0.2) is 6.07 Å². The molecule has 13 heavy (non-hydrogen) atoms. The predicted octanol–water partition coefficient (Wildman–Crippen LogP) is 1.14. The lowest BCUT2D eigenvalue weighted by Gasteiger charge is -2.08. The highest BCUT2D eigenvalue weighted by Gasteiger charge is 2.24. The highest BCUT2D eigenvalue weighted by Crippen LogP contribution is 2.43. The van der Waals surface area contributed by atoms with Gasteiger partial charge in [-0.05, 0) is 6.07 Å². The Morgan fingerprint density at radius 1 is 1.00 bits per heavy atom. The minimum absolute atomic E-state index is 0.697. The average Bonchev–Trinajstić information content (AvgIpc) is 2.71. The van der Waals surface area contributed by atoms with Crippen LogP contribution in [0.25, 0.3) is 0 Å². The molecule has 0 saturated heterocycles. The van der Waals surface area contributed by atoms with E-state index in [9.17, 15) is 0 Å². The summed E-state index contributed by atoms with van der Waals surface area (Å²) in [6.07, 6.45) is 1.96. The van der Waals surface area contributed by atoms with Gasteiger partial charge in [0.25, 0.3) is 0 Å². The highest BCUT2D eigenvalue weighted by molar-refractivity contribution is 5.70. The molecule has 0 bridgehead atoms. The van der Waals surface area contributed by atoms with Crippen LogP contribution in [0.5, 0.6) is 11.5 Å². The van der Waals surface area contributed by atoms with Gasteiger partial charge < -0.3 is 15.2 Å². The van der Waals surface area contributed by atoms with Gasteiger partial charge in [-0.3, -0.25) is 0 Å². The van der Waals surface area contributed by atoms with Gasteiger partial charge in [0.15, 0.2) is 0 Å². The SMILES string of the molecule is Nc1c2c(cc3c1OCC3)CCO2. The Kier molecular flexibility index (Phi) is 1.26. The molecule has 68 valence electrons. The number of benzene rings is 1.